The van der Waals surface area contributed by atoms with Crippen LogP contribution in [0.1, 0.15) is 51.0 Å². The molecule has 0 bridgehead atoms. The molecule has 3 heteroatoms. The highest BCUT2D eigenvalue weighted by Gasteiger charge is 2.24. The van der Waals surface area contributed by atoms with Crippen molar-refractivity contribution in [3.05, 3.63) is 28.8 Å². The summed E-state index contributed by atoms with van der Waals surface area (Å²) in [5.74, 6) is 0.899. The van der Waals surface area contributed by atoms with Gasteiger partial charge in [-0.25, -0.2) is 0 Å². The van der Waals surface area contributed by atoms with E-state index in [9.17, 15) is 0 Å². The lowest BCUT2D eigenvalue weighted by molar-refractivity contribution is 0.340. The molecule has 116 valence electrons. The maximum absolute atomic E-state index is 6.21. The van der Waals surface area contributed by atoms with E-state index >= 15 is 0 Å². The molecule has 0 amide bonds. The number of benzene rings is 1. The van der Waals surface area contributed by atoms with Crippen LogP contribution in [0.25, 0.3) is 0 Å². The summed E-state index contributed by atoms with van der Waals surface area (Å²) >= 11 is 6.21. The van der Waals surface area contributed by atoms with Crippen LogP contribution in [-0.2, 0) is 6.54 Å². The van der Waals surface area contributed by atoms with Gasteiger partial charge in [0.2, 0.25) is 0 Å². The minimum absolute atomic E-state index is 0.682. The van der Waals surface area contributed by atoms with E-state index in [1.807, 2.05) is 6.07 Å². The molecular formula is C18H27ClN2. The second-order valence-corrected chi connectivity index (χ2v) is 7.39. The number of nitrogens with zero attached hydrogens (tertiary/aromatic N) is 1. The van der Waals surface area contributed by atoms with Gasteiger partial charge in [0.25, 0.3) is 0 Å². The van der Waals surface area contributed by atoms with Crippen LogP contribution in [0.4, 0.5) is 5.69 Å². The Bertz CT molecular complexity index is 476. The fraction of sp³-hybridized carbons (Fsp3) is 0.667. The first-order chi connectivity index (χ1) is 10.1. The molecule has 2 aliphatic carbocycles. The summed E-state index contributed by atoms with van der Waals surface area (Å²) < 4.78 is 0. The molecule has 0 radical (unpaired) electrons. The van der Waals surface area contributed by atoms with Crippen molar-refractivity contribution in [2.24, 2.45) is 5.92 Å². The Morgan fingerprint density at radius 2 is 1.86 bits per heavy atom. The molecule has 1 N–H and O–H groups in total. The highest BCUT2D eigenvalue weighted by Crippen LogP contribution is 2.32. The van der Waals surface area contributed by atoms with Crippen LogP contribution in [0.3, 0.4) is 0 Å². The summed E-state index contributed by atoms with van der Waals surface area (Å²) in [4.78, 5) is 2.49. The van der Waals surface area contributed by atoms with E-state index in [2.05, 4.69) is 36.3 Å². The molecular weight excluding hydrogens is 280 g/mol. The molecule has 2 fully saturated rings. The zero-order chi connectivity index (χ0) is 14.8. The van der Waals surface area contributed by atoms with Gasteiger partial charge in [0, 0.05) is 36.4 Å². The summed E-state index contributed by atoms with van der Waals surface area (Å²) in [7, 11) is 2.25. The SMILES string of the molecule is CC1CCC(N(C)c2ccc(Cl)cc2CNC2CC2)CC1. The van der Waals surface area contributed by atoms with E-state index in [0.29, 0.717) is 6.04 Å². The third-order valence-corrected chi connectivity index (χ3v) is 5.35. The van der Waals surface area contributed by atoms with E-state index in [0.717, 1.165) is 23.5 Å². The number of nitrogens with one attached hydrogen (secondary N) is 1. The topological polar surface area (TPSA) is 15.3 Å². The monoisotopic (exact) mass is 306 g/mol. The van der Waals surface area contributed by atoms with E-state index in [4.69, 9.17) is 11.6 Å². The van der Waals surface area contributed by atoms with Crippen molar-refractivity contribution in [3.63, 3.8) is 0 Å². The Morgan fingerprint density at radius 3 is 2.52 bits per heavy atom. The van der Waals surface area contributed by atoms with Crippen molar-refractivity contribution in [3.8, 4) is 0 Å². The maximum atomic E-state index is 6.21. The molecule has 0 unspecified atom stereocenters. The Morgan fingerprint density at radius 1 is 1.14 bits per heavy atom. The standard InChI is InChI=1S/C18H27ClN2/c1-13-3-8-17(9-4-13)21(2)18-10-5-15(19)11-14(18)12-20-16-6-7-16/h5,10-11,13,16-17,20H,3-4,6-9,12H2,1-2H3. The zero-order valence-electron chi connectivity index (χ0n) is 13.2. The van der Waals surface area contributed by atoms with Crippen LogP contribution in [0.15, 0.2) is 18.2 Å². The third-order valence-electron chi connectivity index (χ3n) is 5.11. The van der Waals surface area contributed by atoms with E-state index in [1.165, 1.54) is 49.8 Å². The minimum atomic E-state index is 0.682. The first-order valence-corrected chi connectivity index (χ1v) is 8.76. The fourth-order valence-electron chi connectivity index (χ4n) is 3.41. The molecule has 0 aliphatic heterocycles. The molecule has 21 heavy (non-hydrogen) atoms. The fourth-order valence-corrected chi connectivity index (χ4v) is 3.60. The van der Waals surface area contributed by atoms with Gasteiger partial charge in [0.15, 0.2) is 0 Å². The first kappa shape index (κ1) is 15.2. The quantitative estimate of drug-likeness (QED) is 0.855. The highest BCUT2D eigenvalue weighted by molar-refractivity contribution is 6.30. The van der Waals surface area contributed by atoms with Gasteiger partial charge in [-0.1, -0.05) is 18.5 Å². The predicted molar refractivity (Wildman–Crippen MR) is 91.1 cm³/mol. The van der Waals surface area contributed by atoms with Gasteiger partial charge >= 0.3 is 0 Å². The molecule has 2 aliphatic rings. The third kappa shape index (κ3) is 3.92. The summed E-state index contributed by atoms with van der Waals surface area (Å²) in [6.07, 6.45) is 8.00. The normalized spacial score (nSPS) is 25.9. The number of hydrogen-bond donors (Lipinski definition) is 1. The van der Waals surface area contributed by atoms with Crippen molar-refractivity contribution >= 4 is 17.3 Å². The van der Waals surface area contributed by atoms with Crippen LogP contribution in [0, 0.1) is 5.92 Å². The molecule has 0 atom stereocenters. The Hall–Kier alpha value is -0.730. The average molecular weight is 307 g/mol. The second kappa shape index (κ2) is 6.58. The predicted octanol–water partition coefficient (Wildman–Crippen LogP) is 4.61. The molecule has 0 spiro atoms. The van der Waals surface area contributed by atoms with E-state index in [-0.39, 0.29) is 0 Å². The van der Waals surface area contributed by atoms with Gasteiger partial charge in [-0.2, -0.15) is 0 Å². The first-order valence-electron chi connectivity index (χ1n) is 8.38. The van der Waals surface area contributed by atoms with Crippen molar-refractivity contribution < 1.29 is 0 Å². The molecule has 0 heterocycles. The minimum Gasteiger partial charge on any atom is -0.371 e. The van der Waals surface area contributed by atoms with Gasteiger partial charge < -0.3 is 10.2 Å². The average Bonchev–Trinajstić information content (AvgIpc) is 3.29. The Kier molecular flexibility index (Phi) is 4.75. The lowest BCUT2D eigenvalue weighted by atomic mass is 9.86. The van der Waals surface area contributed by atoms with Crippen LogP contribution < -0.4 is 10.2 Å². The summed E-state index contributed by atoms with van der Waals surface area (Å²) in [6, 6.07) is 7.78. The Balaban J connectivity index is 1.72. The smallest absolute Gasteiger partial charge is 0.0412 e. The second-order valence-electron chi connectivity index (χ2n) is 6.95. The molecule has 1 aromatic carbocycles. The van der Waals surface area contributed by atoms with Gasteiger partial charge in [0.1, 0.15) is 0 Å². The largest absolute Gasteiger partial charge is 0.371 e. The van der Waals surface area contributed by atoms with Crippen LogP contribution in [0.5, 0.6) is 0 Å². The van der Waals surface area contributed by atoms with Gasteiger partial charge in [-0.3, -0.25) is 0 Å². The maximum Gasteiger partial charge on any atom is 0.0412 e. The number of rotatable bonds is 5. The summed E-state index contributed by atoms with van der Waals surface area (Å²) in [5.41, 5.74) is 2.70. The molecule has 3 rings (SSSR count). The molecule has 1 aromatic rings. The zero-order valence-corrected chi connectivity index (χ0v) is 14.0. The van der Waals surface area contributed by atoms with Crippen LogP contribution >= 0.6 is 11.6 Å². The van der Waals surface area contributed by atoms with Gasteiger partial charge in [-0.15, -0.1) is 0 Å². The van der Waals surface area contributed by atoms with Crippen molar-refractivity contribution in [2.45, 2.75) is 64.1 Å². The number of halogens is 1. The van der Waals surface area contributed by atoms with Crippen molar-refractivity contribution in [1.82, 2.24) is 5.32 Å². The lowest BCUT2D eigenvalue weighted by Gasteiger charge is -2.36. The Labute approximate surface area is 133 Å². The summed E-state index contributed by atoms with van der Waals surface area (Å²) in [6.45, 7) is 3.32. The van der Waals surface area contributed by atoms with E-state index < -0.39 is 0 Å². The van der Waals surface area contributed by atoms with Crippen LogP contribution in [-0.4, -0.2) is 19.1 Å². The number of anilines is 1. The van der Waals surface area contributed by atoms with Crippen LogP contribution in [0.2, 0.25) is 5.02 Å². The highest BCUT2D eigenvalue weighted by atomic mass is 35.5. The van der Waals surface area contributed by atoms with Crippen molar-refractivity contribution in [2.75, 3.05) is 11.9 Å². The molecule has 2 saturated carbocycles. The van der Waals surface area contributed by atoms with Gasteiger partial charge in [0.05, 0.1) is 0 Å². The molecule has 0 saturated heterocycles. The van der Waals surface area contributed by atoms with E-state index in [1.54, 1.807) is 0 Å². The number of hydrogen-bond acceptors (Lipinski definition) is 2. The molecule has 2 nitrogen and oxygen atoms in total. The summed E-state index contributed by atoms with van der Waals surface area (Å²) in [5, 5.41) is 4.46. The molecule has 0 aromatic heterocycles. The van der Waals surface area contributed by atoms with Gasteiger partial charge in [-0.05, 0) is 68.2 Å². The lowest BCUT2D eigenvalue weighted by Crippen LogP contribution is -2.35. The van der Waals surface area contributed by atoms with Crippen molar-refractivity contribution in [1.29, 1.82) is 0 Å².